The van der Waals surface area contributed by atoms with E-state index in [2.05, 4.69) is 0 Å². The molecule has 2 atom stereocenters. The van der Waals surface area contributed by atoms with Gasteiger partial charge in [-0.2, -0.15) is 4.58 Å². The minimum Gasteiger partial charge on any atom is -0.748 e. The second-order valence-electron chi connectivity index (χ2n) is 15.5. The molecule has 340 valence electrons. The first-order valence-corrected chi connectivity index (χ1v) is 23.9. The molecule has 2 aromatic rings. The van der Waals surface area contributed by atoms with Crippen LogP contribution >= 0.6 is 0 Å². The van der Waals surface area contributed by atoms with E-state index in [9.17, 15) is 53.3 Å². The number of fused-ring (bicyclic) bond motifs is 2. The van der Waals surface area contributed by atoms with Gasteiger partial charge in [0, 0.05) is 80.5 Å². The van der Waals surface area contributed by atoms with Crippen molar-refractivity contribution in [1.82, 2.24) is 5.06 Å². The summed E-state index contributed by atoms with van der Waals surface area (Å²) in [5, 5.41) is 0.445. The van der Waals surface area contributed by atoms with E-state index in [4.69, 9.17) is 19.0 Å². The molecule has 0 spiro atoms. The molecule has 22 heteroatoms. The van der Waals surface area contributed by atoms with E-state index in [0.29, 0.717) is 51.0 Å². The van der Waals surface area contributed by atoms with E-state index >= 15 is 0 Å². The molecule has 19 nitrogen and oxygen atoms in total. The van der Waals surface area contributed by atoms with E-state index < -0.39 is 74.5 Å². The van der Waals surface area contributed by atoms with E-state index in [-0.39, 0.29) is 71.6 Å². The van der Waals surface area contributed by atoms with Crippen LogP contribution in [-0.4, -0.2) is 132 Å². The van der Waals surface area contributed by atoms with Crippen LogP contribution in [0.5, 0.6) is 0 Å². The molecule has 2 amide bonds. The van der Waals surface area contributed by atoms with Crippen molar-refractivity contribution in [2.75, 3.05) is 64.4 Å². The second-order valence-corrected chi connectivity index (χ2v) is 19.8. The van der Waals surface area contributed by atoms with Gasteiger partial charge in [0.2, 0.25) is 5.69 Å². The lowest BCUT2D eigenvalue weighted by Crippen LogP contribution is -2.33. The van der Waals surface area contributed by atoms with E-state index in [1.165, 1.54) is 50.6 Å². The molecule has 1 saturated heterocycles. The van der Waals surface area contributed by atoms with Crippen LogP contribution in [0, 0.1) is 0 Å². The number of carbonyl (C=O) groups is 3. The normalized spacial score (nSPS) is 21.4. The first-order chi connectivity index (χ1) is 28.9. The molecule has 5 rings (SSSR count). The van der Waals surface area contributed by atoms with Gasteiger partial charge in [-0.1, -0.05) is 0 Å². The third kappa shape index (κ3) is 10.9. The zero-order chi connectivity index (χ0) is 45.8. The third-order valence-electron chi connectivity index (χ3n) is 11.2. The number of allylic oxidation sites excluding steroid dienone is 4. The topological polar surface area (TPSA) is 269 Å². The first kappa shape index (κ1) is 48.6. The van der Waals surface area contributed by atoms with E-state index in [1.807, 2.05) is 28.6 Å². The number of rotatable bonds is 21. The monoisotopic (exact) mass is 923 g/mol. The summed E-state index contributed by atoms with van der Waals surface area (Å²) in [5.74, 6) is -2.78. The molecule has 62 heavy (non-hydrogen) atoms. The van der Waals surface area contributed by atoms with E-state index in [0.717, 1.165) is 0 Å². The standard InChI is InChI=1S/C40H51N3O16S3/c1-27(23-34-39(2,14-6-22-60(47,48)49)30-25-28(61(50,51)52)7-9-32(30)41(34)16-20-57-5)24-35-40(3,15-19-56-4)31-26-29(62(53,54)55)8-10-33(31)42(35)17-21-58-18-13-38(46)59-43-36(44)11-12-37(43)45/h7-10,23-26H,6,11-22H2,1-5H3,(H2-,47,48,49,50,51,52,53,54,55)/p-2. The smallest absolute Gasteiger partial charge is 0.335 e. The van der Waals surface area contributed by atoms with Crippen LogP contribution in [0.2, 0.25) is 0 Å². The summed E-state index contributed by atoms with van der Waals surface area (Å²) >= 11 is 0. The lowest BCUT2D eigenvalue weighted by molar-refractivity contribution is -0.441. The Bertz CT molecular complexity index is 2520. The van der Waals surface area contributed by atoms with Crippen molar-refractivity contribution in [1.29, 1.82) is 0 Å². The number of carbonyl (C=O) groups excluding carboxylic acids is 3. The average Bonchev–Trinajstić information content (AvgIpc) is 3.71. The molecule has 0 N–H and O–H groups in total. The first-order valence-electron chi connectivity index (χ1n) is 19.5. The molecule has 0 aromatic heterocycles. The largest absolute Gasteiger partial charge is 0.748 e. The van der Waals surface area contributed by atoms with Crippen LogP contribution in [0.15, 0.2) is 69.6 Å². The minimum absolute atomic E-state index is 0.0134. The Labute approximate surface area is 361 Å². The summed E-state index contributed by atoms with van der Waals surface area (Å²) in [6, 6.07) is 8.01. The number of anilines is 1. The summed E-state index contributed by atoms with van der Waals surface area (Å²) < 4.78 is 127. The van der Waals surface area contributed by atoms with Gasteiger partial charge in [0.25, 0.3) is 11.8 Å². The van der Waals surface area contributed by atoms with Gasteiger partial charge in [-0.25, -0.2) is 30.0 Å². The van der Waals surface area contributed by atoms with Crippen LogP contribution in [-0.2, 0) is 74.6 Å². The SMILES string of the molecule is COCC[N+]1=C(/C=C(C)/C=C2/N(CCOCCC(=O)ON3C(=O)CCC3=O)c3ccc(S(=O)(=O)[O-])cc3C2(C)CCOC)C(C)(CCCS(=O)(=O)[O-])c2cc(S(=O)(=O)[O-])ccc21. The van der Waals surface area contributed by atoms with Crippen molar-refractivity contribution in [3.63, 3.8) is 0 Å². The van der Waals surface area contributed by atoms with Crippen molar-refractivity contribution in [3.05, 3.63) is 70.9 Å². The average molecular weight is 924 g/mol. The summed E-state index contributed by atoms with van der Waals surface area (Å²) in [7, 11) is -11.4. The van der Waals surface area contributed by atoms with Crippen LogP contribution in [0.4, 0.5) is 11.4 Å². The number of ether oxygens (including phenoxy) is 3. The zero-order valence-corrected chi connectivity index (χ0v) is 37.4. The van der Waals surface area contributed by atoms with Gasteiger partial charge in [-0.3, -0.25) is 9.59 Å². The highest BCUT2D eigenvalue weighted by atomic mass is 32.2. The van der Waals surface area contributed by atoms with Crippen molar-refractivity contribution < 1.29 is 76.9 Å². The number of imide groups is 1. The Morgan fingerprint density at radius 1 is 0.823 bits per heavy atom. The van der Waals surface area contributed by atoms with Gasteiger partial charge in [-0.05, 0) is 87.6 Å². The molecular weight excluding hydrogens is 875 g/mol. The number of methoxy groups -OCH3 is 2. The molecule has 2 unspecified atom stereocenters. The Morgan fingerprint density at radius 2 is 1.44 bits per heavy atom. The predicted molar refractivity (Wildman–Crippen MR) is 217 cm³/mol. The maximum absolute atomic E-state index is 12.4. The molecule has 3 heterocycles. The highest BCUT2D eigenvalue weighted by Gasteiger charge is 2.48. The van der Waals surface area contributed by atoms with Crippen LogP contribution in [0.3, 0.4) is 0 Å². The molecule has 0 aliphatic carbocycles. The van der Waals surface area contributed by atoms with E-state index in [1.54, 1.807) is 13.8 Å². The van der Waals surface area contributed by atoms with Gasteiger partial charge in [0.05, 0.1) is 45.0 Å². The van der Waals surface area contributed by atoms with Crippen molar-refractivity contribution in [2.45, 2.75) is 79.9 Å². The summed E-state index contributed by atoms with van der Waals surface area (Å²) in [6.45, 7) is 6.11. The Kier molecular flexibility index (Phi) is 15.0. The number of hydrogen-bond donors (Lipinski definition) is 0. The zero-order valence-electron chi connectivity index (χ0n) is 34.9. The molecule has 3 aliphatic rings. The van der Waals surface area contributed by atoms with Crippen molar-refractivity contribution >= 4 is 65.2 Å². The number of amides is 2. The summed E-state index contributed by atoms with van der Waals surface area (Å²) in [6.07, 6.45) is 3.56. The maximum Gasteiger partial charge on any atom is 0.335 e. The van der Waals surface area contributed by atoms with Crippen molar-refractivity contribution in [3.8, 4) is 0 Å². The number of hydroxylamine groups is 2. The highest BCUT2D eigenvalue weighted by Crippen LogP contribution is 2.51. The minimum atomic E-state index is -4.91. The number of nitrogens with zero attached hydrogens (tertiary/aromatic N) is 3. The fourth-order valence-corrected chi connectivity index (χ4v) is 9.58. The molecule has 2 aromatic carbocycles. The maximum atomic E-state index is 12.4. The van der Waals surface area contributed by atoms with Crippen LogP contribution in [0.1, 0.15) is 70.4 Å². The Morgan fingerprint density at radius 3 is 2.03 bits per heavy atom. The fraction of sp³-hybridized carbons (Fsp3) is 0.500. The highest BCUT2D eigenvalue weighted by molar-refractivity contribution is 7.86. The Hall–Kier alpha value is -4.39. The van der Waals surface area contributed by atoms with Gasteiger partial charge in [0.1, 0.15) is 26.8 Å². The lowest BCUT2D eigenvalue weighted by atomic mass is 9.75. The number of benzene rings is 2. The van der Waals surface area contributed by atoms with Crippen LogP contribution in [0.25, 0.3) is 0 Å². The molecule has 0 saturated carbocycles. The fourth-order valence-electron chi connectivity index (χ4n) is 8.09. The molecule has 3 aliphatic heterocycles. The van der Waals surface area contributed by atoms with Crippen LogP contribution < -0.4 is 4.90 Å². The molecule has 1 fully saturated rings. The third-order valence-corrected chi connectivity index (χ3v) is 13.7. The summed E-state index contributed by atoms with van der Waals surface area (Å²) in [5.41, 5.74) is 1.73. The predicted octanol–water partition coefficient (Wildman–Crippen LogP) is 2.48. The molecule has 0 radical (unpaired) electrons. The Balaban J connectivity index is 1.58. The van der Waals surface area contributed by atoms with Gasteiger partial charge in [-0.15, -0.1) is 5.06 Å². The molecule has 0 bridgehead atoms. The van der Waals surface area contributed by atoms with Gasteiger partial charge < -0.3 is 37.6 Å². The van der Waals surface area contributed by atoms with Gasteiger partial charge in [0.15, 0.2) is 12.3 Å². The second kappa shape index (κ2) is 19.2. The quantitative estimate of drug-likeness (QED) is 0.0753. The lowest BCUT2D eigenvalue weighted by Gasteiger charge is -2.31. The summed E-state index contributed by atoms with van der Waals surface area (Å²) in [4.78, 5) is 42.0. The van der Waals surface area contributed by atoms with Crippen molar-refractivity contribution in [2.24, 2.45) is 0 Å². The van der Waals surface area contributed by atoms with Gasteiger partial charge >= 0.3 is 5.97 Å². The molecular formula is C40H49N3O16S3-2. The number of hydrogen-bond acceptors (Lipinski definition) is 17.